The standard InChI is InChI=1S/C20H20ClN3O4/c21-14-4-6-19-15(12-14)16(7-10-28-19)22-20(25)13-3-5-17(18(11-13)24(26)27)23-8-1-2-9-23/h3-6,11-12,16H,1-2,7-10H2,(H,22,25). The molecule has 1 unspecified atom stereocenters. The Morgan fingerprint density at radius 1 is 1.21 bits per heavy atom. The highest BCUT2D eigenvalue weighted by Crippen LogP contribution is 2.35. The molecule has 28 heavy (non-hydrogen) atoms. The van der Waals surface area contributed by atoms with Gasteiger partial charge in [0.25, 0.3) is 11.6 Å². The minimum atomic E-state index is -0.423. The number of rotatable bonds is 4. The van der Waals surface area contributed by atoms with E-state index in [1.165, 1.54) is 6.07 Å². The van der Waals surface area contributed by atoms with Gasteiger partial charge in [-0.2, -0.15) is 0 Å². The molecule has 0 spiro atoms. The number of amides is 1. The fourth-order valence-corrected chi connectivity index (χ4v) is 3.97. The zero-order valence-corrected chi connectivity index (χ0v) is 15.9. The first kappa shape index (κ1) is 18.6. The van der Waals surface area contributed by atoms with Crippen LogP contribution in [0.15, 0.2) is 36.4 Å². The van der Waals surface area contributed by atoms with E-state index < -0.39 is 4.92 Å². The third kappa shape index (κ3) is 3.62. The van der Waals surface area contributed by atoms with Gasteiger partial charge in [0.15, 0.2) is 0 Å². The first-order valence-electron chi connectivity index (χ1n) is 9.29. The highest BCUT2D eigenvalue weighted by atomic mass is 35.5. The van der Waals surface area contributed by atoms with Gasteiger partial charge in [-0.3, -0.25) is 14.9 Å². The fraction of sp³-hybridized carbons (Fsp3) is 0.350. The summed E-state index contributed by atoms with van der Waals surface area (Å²) < 4.78 is 5.61. The number of nitro benzene ring substituents is 1. The number of fused-ring (bicyclic) bond motifs is 1. The summed E-state index contributed by atoms with van der Waals surface area (Å²) in [6.45, 7) is 2.08. The molecule has 0 saturated carbocycles. The van der Waals surface area contributed by atoms with Crippen LogP contribution >= 0.6 is 11.6 Å². The number of nitrogens with zero attached hydrogens (tertiary/aromatic N) is 2. The van der Waals surface area contributed by atoms with E-state index in [4.69, 9.17) is 16.3 Å². The highest BCUT2D eigenvalue weighted by Gasteiger charge is 2.27. The lowest BCUT2D eigenvalue weighted by Crippen LogP contribution is -2.32. The molecule has 2 aliphatic heterocycles. The van der Waals surface area contributed by atoms with Gasteiger partial charge in [0, 0.05) is 41.7 Å². The van der Waals surface area contributed by atoms with E-state index in [9.17, 15) is 14.9 Å². The second kappa shape index (κ2) is 7.67. The van der Waals surface area contributed by atoms with Crippen molar-refractivity contribution in [1.82, 2.24) is 5.32 Å². The molecule has 7 nitrogen and oxygen atoms in total. The summed E-state index contributed by atoms with van der Waals surface area (Å²) in [5.41, 5.74) is 1.62. The molecular weight excluding hydrogens is 382 g/mol. The van der Waals surface area contributed by atoms with Gasteiger partial charge in [-0.1, -0.05) is 11.6 Å². The number of carbonyl (C=O) groups excluding carboxylic acids is 1. The molecule has 1 atom stereocenters. The monoisotopic (exact) mass is 401 g/mol. The molecule has 1 fully saturated rings. The molecule has 0 bridgehead atoms. The number of hydrogen-bond acceptors (Lipinski definition) is 5. The molecule has 4 rings (SSSR count). The number of nitrogens with one attached hydrogen (secondary N) is 1. The average Bonchev–Trinajstić information content (AvgIpc) is 3.22. The molecule has 2 heterocycles. The largest absolute Gasteiger partial charge is 0.493 e. The fourth-order valence-electron chi connectivity index (χ4n) is 3.79. The van der Waals surface area contributed by atoms with Crippen molar-refractivity contribution < 1.29 is 14.5 Å². The van der Waals surface area contributed by atoms with Crippen LogP contribution in [0.5, 0.6) is 5.75 Å². The van der Waals surface area contributed by atoms with E-state index in [0.29, 0.717) is 29.5 Å². The molecule has 1 N–H and O–H groups in total. The summed E-state index contributed by atoms with van der Waals surface area (Å²) >= 11 is 6.08. The van der Waals surface area contributed by atoms with E-state index in [2.05, 4.69) is 5.32 Å². The van der Waals surface area contributed by atoms with Crippen LogP contribution in [0.3, 0.4) is 0 Å². The third-order valence-electron chi connectivity index (χ3n) is 5.20. The number of nitro groups is 1. The maximum atomic E-state index is 12.8. The van der Waals surface area contributed by atoms with E-state index in [1.807, 2.05) is 4.90 Å². The Balaban J connectivity index is 1.58. The average molecular weight is 402 g/mol. The summed E-state index contributed by atoms with van der Waals surface area (Å²) in [5, 5.41) is 15.1. The number of anilines is 1. The van der Waals surface area contributed by atoms with Crippen molar-refractivity contribution in [2.45, 2.75) is 25.3 Å². The lowest BCUT2D eigenvalue weighted by Gasteiger charge is -2.27. The van der Waals surface area contributed by atoms with Gasteiger partial charge in [-0.25, -0.2) is 0 Å². The number of benzene rings is 2. The zero-order valence-electron chi connectivity index (χ0n) is 15.2. The molecule has 0 aliphatic carbocycles. The van der Waals surface area contributed by atoms with Crippen molar-refractivity contribution in [3.63, 3.8) is 0 Å². The van der Waals surface area contributed by atoms with E-state index in [0.717, 1.165) is 31.5 Å². The molecule has 1 saturated heterocycles. The lowest BCUT2D eigenvalue weighted by atomic mass is 10.00. The second-order valence-electron chi connectivity index (χ2n) is 7.00. The van der Waals surface area contributed by atoms with Gasteiger partial charge in [0.2, 0.25) is 0 Å². The van der Waals surface area contributed by atoms with Crippen LogP contribution in [0.2, 0.25) is 5.02 Å². The van der Waals surface area contributed by atoms with Gasteiger partial charge in [-0.05, 0) is 43.2 Å². The van der Waals surface area contributed by atoms with Gasteiger partial charge in [0.05, 0.1) is 17.6 Å². The van der Waals surface area contributed by atoms with Crippen molar-refractivity contribution in [2.75, 3.05) is 24.6 Å². The van der Waals surface area contributed by atoms with Crippen LogP contribution in [0, 0.1) is 10.1 Å². The van der Waals surface area contributed by atoms with Crippen LogP contribution in [0.4, 0.5) is 11.4 Å². The minimum absolute atomic E-state index is 0.0371. The van der Waals surface area contributed by atoms with Crippen LogP contribution in [0.25, 0.3) is 0 Å². The third-order valence-corrected chi connectivity index (χ3v) is 5.43. The summed E-state index contributed by atoms with van der Waals surface area (Å²) in [7, 11) is 0. The molecule has 2 aliphatic rings. The molecule has 0 radical (unpaired) electrons. The van der Waals surface area contributed by atoms with Gasteiger partial charge >= 0.3 is 0 Å². The Bertz CT molecular complexity index is 928. The maximum absolute atomic E-state index is 12.8. The first-order valence-corrected chi connectivity index (χ1v) is 9.67. The van der Waals surface area contributed by atoms with E-state index in [-0.39, 0.29) is 23.2 Å². The smallest absolute Gasteiger partial charge is 0.293 e. The summed E-state index contributed by atoms with van der Waals surface area (Å²) in [4.78, 5) is 25.9. The lowest BCUT2D eigenvalue weighted by molar-refractivity contribution is -0.384. The SMILES string of the molecule is O=C(NC1CCOc2ccc(Cl)cc21)c1ccc(N2CCCC2)c([N+](=O)[O-])c1. The zero-order chi connectivity index (χ0) is 19.7. The Labute approximate surface area is 167 Å². The van der Waals surface area contributed by atoms with Crippen LogP contribution in [-0.2, 0) is 0 Å². The second-order valence-corrected chi connectivity index (χ2v) is 7.44. The Morgan fingerprint density at radius 2 is 2.00 bits per heavy atom. The Hall–Kier alpha value is -2.80. The normalized spacial score (nSPS) is 18.3. The van der Waals surface area contributed by atoms with Crippen molar-refractivity contribution >= 4 is 28.9 Å². The van der Waals surface area contributed by atoms with Crippen molar-refractivity contribution in [1.29, 1.82) is 0 Å². The molecule has 8 heteroatoms. The number of carbonyl (C=O) groups is 1. The van der Waals surface area contributed by atoms with Gasteiger partial charge in [-0.15, -0.1) is 0 Å². The summed E-state index contributed by atoms with van der Waals surface area (Å²) in [6, 6.07) is 9.73. The molecule has 0 aromatic heterocycles. The summed E-state index contributed by atoms with van der Waals surface area (Å²) in [6.07, 6.45) is 2.64. The number of hydrogen-bond donors (Lipinski definition) is 1. The predicted octanol–water partition coefficient (Wildman–Crippen LogP) is 4.10. The van der Waals surface area contributed by atoms with Crippen molar-refractivity contribution in [3.05, 3.63) is 62.7 Å². The van der Waals surface area contributed by atoms with Crippen molar-refractivity contribution in [2.24, 2.45) is 0 Å². The Kier molecular flexibility index (Phi) is 5.09. The molecular formula is C20H20ClN3O4. The van der Waals surface area contributed by atoms with E-state index >= 15 is 0 Å². The predicted molar refractivity (Wildman–Crippen MR) is 106 cm³/mol. The van der Waals surface area contributed by atoms with Crippen LogP contribution in [-0.4, -0.2) is 30.5 Å². The molecule has 146 valence electrons. The molecule has 2 aromatic rings. The topological polar surface area (TPSA) is 84.7 Å². The first-order chi connectivity index (χ1) is 13.5. The van der Waals surface area contributed by atoms with Gasteiger partial charge < -0.3 is 15.0 Å². The van der Waals surface area contributed by atoms with Gasteiger partial charge in [0.1, 0.15) is 11.4 Å². The quantitative estimate of drug-likeness (QED) is 0.615. The van der Waals surface area contributed by atoms with Crippen molar-refractivity contribution in [3.8, 4) is 5.75 Å². The minimum Gasteiger partial charge on any atom is -0.493 e. The van der Waals surface area contributed by atoms with Crippen LogP contribution < -0.4 is 15.0 Å². The maximum Gasteiger partial charge on any atom is 0.293 e. The molecule has 1 amide bonds. The van der Waals surface area contributed by atoms with E-state index in [1.54, 1.807) is 30.3 Å². The Morgan fingerprint density at radius 3 is 2.75 bits per heavy atom. The van der Waals surface area contributed by atoms with Crippen LogP contribution in [0.1, 0.15) is 41.2 Å². The highest BCUT2D eigenvalue weighted by molar-refractivity contribution is 6.30. The number of halogens is 1. The summed E-state index contributed by atoms with van der Waals surface area (Å²) in [5.74, 6) is 0.338. The number of ether oxygens (including phenoxy) is 1. The molecule has 2 aromatic carbocycles.